The van der Waals surface area contributed by atoms with Gasteiger partial charge in [-0.2, -0.15) is 0 Å². The molecule has 1 heterocycles. The summed E-state index contributed by atoms with van der Waals surface area (Å²) in [7, 11) is 0. The van der Waals surface area contributed by atoms with Crippen LogP contribution in [0.15, 0.2) is 58.1 Å². The molecule has 1 aromatic heterocycles. The molecular formula is C14H12O2S. The van der Waals surface area contributed by atoms with Gasteiger partial charge in [-0.05, 0) is 54.8 Å². The average molecular weight is 244 g/mol. The Morgan fingerprint density at radius 3 is 2.59 bits per heavy atom. The Morgan fingerprint density at radius 1 is 1.24 bits per heavy atom. The van der Waals surface area contributed by atoms with Gasteiger partial charge in [0, 0.05) is 10.5 Å². The van der Waals surface area contributed by atoms with Crippen molar-refractivity contribution < 1.29 is 9.21 Å². The normalized spacial score (nSPS) is 10.9. The molecule has 0 radical (unpaired) electrons. The Hall–Kier alpha value is -1.74. The molecule has 0 fully saturated rings. The number of benzene rings is 1. The van der Waals surface area contributed by atoms with E-state index < -0.39 is 0 Å². The third kappa shape index (κ3) is 3.11. The van der Waals surface area contributed by atoms with Crippen molar-refractivity contribution in [2.45, 2.75) is 4.90 Å². The zero-order chi connectivity index (χ0) is 12.1. The first-order chi connectivity index (χ1) is 8.29. The second-order valence-corrected chi connectivity index (χ2v) is 4.32. The fourth-order valence-electron chi connectivity index (χ4n) is 1.40. The lowest BCUT2D eigenvalue weighted by molar-refractivity contribution is 0.104. The molecule has 3 heteroatoms. The van der Waals surface area contributed by atoms with Crippen LogP contribution < -0.4 is 0 Å². The van der Waals surface area contributed by atoms with Crippen LogP contribution in [0.5, 0.6) is 0 Å². The molecule has 2 aromatic rings. The Morgan fingerprint density at radius 2 is 2.00 bits per heavy atom. The van der Waals surface area contributed by atoms with Gasteiger partial charge in [-0.25, -0.2) is 0 Å². The zero-order valence-electron chi connectivity index (χ0n) is 9.42. The maximum atomic E-state index is 11.8. The topological polar surface area (TPSA) is 30.2 Å². The number of hydrogen-bond donors (Lipinski definition) is 0. The van der Waals surface area contributed by atoms with Gasteiger partial charge in [0.25, 0.3) is 0 Å². The van der Waals surface area contributed by atoms with Gasteiger partial charge in [0.05, 0.1) is 6.26 Å². The molecule has 2 nitrogen and oxygen atoms in total. The van der Waals surface area contributed by atoms with E-state index in [1.165, 1.54) is 6.08 Å². The van der Waals surface area contributed by atoms with Crippen molar-refractivity contribution in [3.8, 4) is 0 Å². The van der Waals surface area contributed by atoms with E-state index in [4.69, 9.17) is 4.42 Å². The van der Waals surface area contributed by atoms with Crippen molar-refractivity contribution in [2.24, 2.45) is 0 Å². The van der Waals surface area contributed by atoms with E-state index in [2.05, 4.69) is 0 Å². The minimum Gasteiger partial charge on any atom is -0.465 e. The van der Waals surface area contributed by atoms with Crippen LogP contribution in [0.2, 0.25) is 0 Å². The third-order valence-corrected chi connectivity index (χ3v) is 3.06. The highest BCUT2D eigenvalue weighted by atomic mass is 32.2. The number of furan rings is 1. The van der Waals surface area contributed by atoms with E-state index in [0.29, 0.717) is 11.3 Å². The molecule has 0 amide bonds. The molecule has 0 saturated heterocycles. The molecule has 0 spiro atoms. The lowest BCUT2D eigenvalue weighted by atomic mass is 10.1. The summed E-state index contributed by atoms with van der Waals surface area (Å²) in [6, 6.07) is 11.1. The van der Waals surface area contributed by atoms with Gasteiger partial charge in [0.2, 0.25) is 0 Å². The summed E-state index contributed by atoms with van der Waals surface area (Å²) in [6.07, 6.45) is 6.78. The maximum absolute atomic E-state index is 11.8. The predicted molar refractivity (Wildman–Crippen MR) is 70.3 cm³/mol. The van der Waals surface area contributed by atoms with Gasteiger partial charge in [-0.3, -0.25) is 4.79 Å². The monoisotopic (exact) mass is 244 g/mol. The standard InChI is InChI=1S/C14H12O2S/c1-17-13-7-4-11(5-8-13)14(15)9-6-12-3-2-10-16-12/h2-10H,1H3. The fourth-order valence-corrected chi connectivity index (χ4v) is 1.80. The minimum atomic E-state index is -0.0194. The summed E-state index contributed by atoms with van der Waals surface area (Å²) in [5, 5.41) is 0. The van der Waals surface area contributed by atoms with E-state index in [9.17, 15) is 4.79 Å². The fraction of sp³-hybridized carbons (Fsp3) is 0.0714. The molecule has 0 N–H and O–H groups in total. The number of carbonyl (C=O) groups is 1. The summed E-state index contributed by atoms with van der Waals surface area (Å²) in [5.41, 5.74) is 0.686. The van der Waals surface area contributed by atoms with Crippen LogP contribution in [-0.4, -0.2) is 12.0 Å². The molecule has 0 aliphatic carbocycles. The van der Waals surface area contributed by atoms with Crippen molar-refractivity contribution in [3.63, 3.8) is 0 Å². The Bertz CT molecular complexity index is 510. The van der Waals surface area contributed by atoms with Gasteiger partial charge in [-0.1, -0.05) is 0 Å². The van der Waals surface area contributed by atoms with Gasteiger partial charge < -0.3 is 4.42 Å². The first-order valence-electron chi connectivity index (χ1n) is 5.19. The first-order valence-corrected chi connectivity index (χ1v) is 6.42. The average Bonchev–Trinajstić information content (AvgIpc) is 2.89. The highest BCUT2D eigenvalue weighted by Crippen LogP contribution is 2.15. The molecule has 2 rings (SSSR count). The second kappa shape index (κ2) is 5.55. The number of carbonyl (C=O) groups excluding carboxylic acids is 1. The summed E-state index contributed by atoms with van der Waals surface area (Å²) in [4.78, 5) is 13.0. The first kappa shape index (κ1) is 11.7. The zero-order valence-corrected chi connectivity index (χ0v) is 10.2. The highest BCUT2D eigenvalue weighted by molar-refractivity contribution is 7.98. The van der Waals surface area contributed by atoms with E-state index >= 15 is 0 Å². The SMILES string of the molecule is CSc1ccc(C(=O)C=Cc2ccco2)cc1. The molecular weight excluding hydrogens is 232 g/mol. The summed E-state index contributed by atoms with van der Waals surface area (Å²) < 4.78 is 5.11. The summed E-state index contributed by atoms with van der Waals surface area (Å²) >= 11 is 1.66. The van der Waals surface area contributed by atoms with Gasteiger partial charge in [-0.15, -0.1) is 11.8 Å². The molecule has 0 aliphatic rings. The number of ketones is 1. The summed E-state index contributed by atoms with van der Waals surface area (Å²) in [5.74, 6) is 0.660. The lowest BCUT2D eigenvalue weighted by Gasteiger charge is -1.97. The highest BCUT2D eigenvalue weighted by Gasteiger charge is 2.01. The lowest BCUT2D eigenvalue weighted by Crippen LogP contribution is -1.93. The quantitative estimate of drug-likeness (QED) is 0.464. The second-order valence-electron chi connectivity index (χ2n) is 3.44. The van der Waals surface area contributed by atoms with Crippen LogP contribution in [-0.2, 0) is 0 Å². The molecule has 1 aromatic carbocycles. The van der Waals surface area contributed by atoms with Crippen LogP contribution in [0.25, 0.3) is 6.08 Å². The van der Waals surface area contributed by atoms with Crippen LogP contribution in [0.4, 0.5) is 0 Å². The van der Waals surface area contributed by atoms with Crippen molar-refractivity contribution in [1.82, 2.24) is 0 Å². The van der Waals surface area contributed by atoms with Crippen LogP contribution >= 0.6 is 11.8 Å². The largest absolute Gasteiger partial charge is 0.465 e. The van der Waals surface area contributed by atoms with Gasteiger partial charge in [0.1, 0.15) is 5.76 Å². The van der Waals surface area contributed by atoms with Crippen molar-refractivity contribution in [1.29, 1.82) is 0 Å². The molecule has 0 atom stereocenters. The molecule has 86 valence electrons. The Balaban J connectivity index is 2.09. The summed E-state index contributed by atoms with van der Waals surface area (Å²) in [6.45, 7) is 0. The van der Waals surface area contributed by atoms with Crippen LogP contribution in [0.3, 0.4) is 0 Å². The van der Waals surface area contributed by atoms with Crippen LogP contribution in [0, 0.1) is 0 Å². The molecule has 0 unspecified atom stereocenters. The number of hydrogen-bond acceptors (Lipinski definition) is 3. The van der Waals surface area contributed by atoms with Gasteiger partial charge in [0.15, 0.2) is 5.78 Å². The van der Waals surface area contributed by atoms with Crippen LogP contribution in [0.1, 0.15) is 16.1 Å². The minimum absolute atomic E-state index is 0.0194. The van der Waals surface area contributed by atoms with E-state index in [0.717, 1.165) is 4.90 Å². The number of rotatable bonds is 4. The van der Waals surface area contributed by atoms with Gasteiger partial charge >= 0.3 is 0 Å². The number of thioether (sulfide) groups is 1. The van der Waals surface area contributed by atoms with E-state index in [1.807, 2.05) is 30.5 Å². The molecule has 0 aliphatic heterocycles. The molecule has 17 heavy (non-hydrogen) atoms. The third-order valence-electron chi connectivity index (χ3n) is 2.32. The predicted octanol–water partition coefficient (Wildman–Crippen LogP) is 3.90. The molecule has 0 bridgehead atoms. The van der Waals surface area contributed by atoms with E-state index in [1.54, 1.807) is 36.2 Å². The van der Waals surface area contributed by atoms with E-state index in [-0.39, 0.29) is 5.78 Å². The Kier molecular flexibility index (Phi) is 3.83. The Labute approximate surface area is 104 Å². The van der Waals surface area contributed by atoms with Crippen molar-refractivity contribution >= 4 is 23.6 Å². The van der Waals surface area contributed by atoms with Crippen molar-refractivity contribution in [2.75, 3.05) is 6.26 Å². The van der Waals surface area contributed by atoms with Crippen molar-refractivity contribution in [3.05, 3.63) is 60.1 Å². The smallest absolute Gasteiger partial charge is 0.185 e. The maximum Gasteiger partial charge on any atom is 0.185 e. The number of allylic oxidation sites excluding steroid dienone is 1. The molecule has 0 saturated carbocycles.